The Kier molecular flexibility index (Phi) is 8.04. The third-order valence-corrected chi connectivity index (χ3v) is 7.21. The summed E-state index contributed by atoms with van der Waals surface area (Å²) in [5, 5.41) is 13.9. The van der Waals surface area contributed by atoms with Gasteiger partial charge in [-0.05, 0) is 64.8 Å². The van der Waals surface area contributed by atoms with Gasteiger partial charge in [-0.25, -0.2) is 4.68 Å². The number of nitrogens with zero attached hydrogens (tertiary/aromatic N) is 5. The molecule has 2 aromatic heterocycles. The number of aromatic amines is 1. The van der Waals surface area contributed by atoms with Gasteiger partial charge in [0.1, 0.15) is 0 Å². The Morgan fingerprint density at radius 2 is 1.63 bits per heavy atom. The topological polar surface area (TPSA) is 79.7 Å². The molecule has 0 saturated heterocycles. The highest BCUT2D eigenvalue weighted by molar-refractivity contribution is 5.81. The summed E-state index contributed by atoms with van der Waals surface area (Å²) in [6.45, 7) is 6.16. The molecule has 1 atom stereocenters. The Labute approximate surface area is 223 Å². The predicted molar refractivity (Wildman–Crippen MR) is 151 cm³/mol. The first-order chi connectivity index (χ1) is 18.6. The highest BCUT2D eigenvalue weighted by Crippen LogP contribution is 2.25. The number of fused-ring (bicyclic) bond motifs is 1. The zero-order valence-corrected chi connectivity index (χ0v) is 22.0. The van der Waals surface area contributed by atoms with Crippen molar-refractivity contribution >= 4 is 10.9 Å². The molecule has 1 N–H and O–H groups in total. The molecule has 0 spiro atoms. The highest BCUT2D eigenvalue weighted by Gasteiger charge is 2.25. The van der Waals surface area contributed by atoms with Crippen molar-refractivity contribution in [2.45, 2.75) is 52.2 Å². The Morgan fingerprint density at radius 3 is 2.34 bits per heavy atom. The van der Waals surface area contributed by atoms with Crippen molar-refractivity contribution in [3.8, 4) is 0 Å². The van der Waals surface area contributed by atoms with Gasteiger partial charge in [0.25, 0.3) is 5.56 Å². The van der Waals surface area contributed by atoms with E-state index >= 15 is 0 Å². The molecular weight excluding hydrogens is 472 g/mol. The molecule has 0 fully saturated rings. The Morgan fingerprint density at radius 1 is 0.921 bits per heavy atom. The third kappa shape index (κ3) is 5.89. The number of rotatable bonds is 11. The van der Waals surface area contributed by atoms with Crippen LogP contribution in [-0.4, -0.2) is 36.6 Å². The van der Waals surface area contributed by atoms with Crippen molar-refractivity contribution in [2.75, 3.05) is 6.54 Å². The summed E-state index contributed by atoms with van der Waals surface area (Å²) < 4.78 is 1.92. The van der Waals surface area contributed by atoms with E-state index in [0.717, 1.165) is 53.7 Å². The smallest absolute Gasteiger partial charge is 0.252 e. The third-order valence-electron chi connectivity index (χ3n) is 7.21. The first-order valence-corrected chi connectivity index (χ1v) is 13.3. The van der Waals surface area contributed by atoms with Crippen LogP contribution in [0.4, 0.5) is 0 Å². The Balaban J connectivity index is 1.45. The normalized spacial score (nSPS) is 12.3. The van der Waals surface area contributed by atoms with Crippen LogP contribution in [0.1, 0.15) is 47.5 Å². The minimum atomic E-state index is -0.0463. The molecule has 3 aromatic carbocycles. The summed E-state index contributed by atoms with van der Waals surface area (Å²) in [5.74, 6) is 0.838. The predicted octanol–water partition coefficient (Wildman–Crippen LogP) is 5.26. The van der Waals surface area contributed by atoms with Crippen LogP contribution in [0.25, 0.3) is 10.9 Å². The van der Waals surface area contributed by atoms with Gasteiger partial charge in [-0.15, -0.1) is 5.10 Å². The molecule has 0 saturated carbocycles. The SMILES string of the molecule is CCC(c1nnnn1CCc1ccccc1)N(CCc1ccccc1)Cc1cc2cccc(C)c2[nH]c1=O. The zero-order chi connectivity index (χ0) is 26.3. The molecule has 0 bridgehead atoms. The minimum absolute atomic E-state index is 0.0305. The van der Waals surface area contributed by atoms with E-state index in [1.807, 2.05) is 41.9 Å². The summed E-state index contributed by atoms with van der Waals surface area (Å²) in [7, 11) is 0. The van der Waals surface area contributed by atoms with E-state index in [0.29, 0.717) is 13.1 Å². The number of H-pyrrole nitrogens is 1. The lowest BCUT2D eigenvalue weighted by molar-refractivity contribution is 0.171. The number of nitrogens with one attached hydrogen (secondary N) is 1. The van der Waals surface area contributed by atoms with E-state index in [-0.39, 0.29) is 11.6 Å². The number of hydrogen-bond donors (Lipinski definition) is 1. The van der Waals surface area contributed by atoms with E-state index < -0.39 is 0 Å². The fourth-order valence-corrected chi connectivity index (χ4v) is 5.12. The summed E-state index contributed by atoms with van der Waals surface area (Å²) in [6, 6.07) is 29.0. The molecule has 5 aromatic rings. The van der Waals surface area contributed by atoms with Gasteiger partial charge in [0, 0.05) is 25.2 Å². The minimum Gasteiger partial charge on any atom is -0.321 e. The van der Waals surface area contributed by atoms with Crippen LogP contribution in [0.3, 0.4) is 0 Å². The number of para-hydroxylation sites is 1. The van der Waals surface area contributed by atoms with Crippen molar-refractivity contribution < 1.29 is 0 Å². The zero-order valence-electron chi connectivity index (χ0n) is 22.0. The van der Waals surface area contributed by atoms with Crippen LogP contribution in [0.15, 0.2) is 89.7 Å². The van der Waals surface area contributed by atoms with Gasteiger partial charge >= 0.3 is 0 Å². The largest absolute Gasteiger partial charge is 0.321 e. The van der Waals surface area contributed by atoms with Gasteiger partial charge in [0.15, 0.2) is 5.82 Å². The number of benzene rings is 3. The number of pyridine rings is 1. The number of aromatic nitrogens is 5. The lowest BCUT2D eigenvalue weighted by Gasteiger charge is -2.30. The van der Waals surface area contributed by atoms with Crippen LogP contribution >= 0.6 is 0 Å². The van der Waals surface area contributed by atoms with Crippen molar-refractivity contribution in [1.82, 2.24) is 30.1 Å². The summed E-state index contributed by atoms with van der Waals surface area (Å²) in [5.41, 5.74) is 5.18. The van der Waals surface area contributed by atoms with Crippen LogP contribution < -0.4 is 5.56 Å². The van der Waals surface area contributed by atoms with E-state index in [2.05, 4.69) is 86.9 Å². The molecule has 1 unspecified atom stereocenters. The van der Waals surface area contributed by atoms with Crippen LogP contribution in [0.2, 0.25) is 0 Å². The average Bonchev–Trinajstić information content (AvgIpc) is 3.41. The number of tetrazole rings is 1. The Bertz CT molecular complexity index is 1530. The van der Waals surface area contributed by atoms with Gasteiger partial charge in [-0.3, -0.25) is 9.69 Å². The molecule has 38 heavy (non-hydrogen) atoms. The quantitative estimate of drug-likeness (QED) is 0.264. The fraction of sp³-hybridized carbons (Fsp3) is 0.290. The first-order valence-electron chi connectivity index (χ1n) is 13.3. The maximum atomic E-state index is 13.2. The molecule has 0 amide bonds. The number of hydrogen-bond acceptors (Lipinski definition) is 5. The van der Waals surface area contributed by atoms with Gasteiger partial charge < -0.3 is 4.98 Å². The molecule has 0 aliphatic carbocycles. The van der Waals surface area contributed by atoms with Crippen molar-refractivity contribution in [3.63, 3.8) is 0 Å². The molecule has 7 nitrogen and oxygen atoms in total. The van der Waals surface area contributed by atoms with E-state index in [1.165, 1.54) is 11.1 Å². The molecule has 7 heteroatoms. The van der Waals surface area contributed by atoms with Gasteiger partial charge in [-0.1, -0.05) is 85.8 Å². The molecule has 2 heterocycles. The van der Waals surface area contributed by atoms with E-state index in [9.17, 15) is 4.79 Å². The maximum Gasteiger partial charge on any atom is 0.252 e. The molecular formula is C31H34N6O. The van der Waals surface area contributed by atoms with Crippen LogP contribution in [0.5, 0.6) is 0 Å². The van der Waals surface area contributed by atoms with Gasteiger partial charge in [0.05, 0.1) is 11.6 Å². The van der Waals surface area contributed by atoms with Crippen LogP contribution in [-0.2, 0) is 25.9 Å². The van der Waals surface area contributed by atoms with Crippen molar-refractivity contribution in [3.05, 3.63) is 123 Å². The van der Waals surface area contributed by atoms with E-state index in [1.54, 1.807) is 0 Å². The van der Waals surface area contributed by atoms with Gasteiger partial charge in [-0.2, -0.15) is 0 Å². The highest BCUT2D eigenvalue weighted by atomic mass is 16.1. The average molecular weight is 507 g/mol. The van der Waals surface area contributed by atoms with Crippen molar-refractivity contribution in [1.29, 1.82) is 0 Å². The second-order valence-electron chi connectivity index (χ2n) is 9.79. The lowest BCUT2D eigenvalue weighted by atomic mass is 10.1. The molecule has 5 rings (SSSR count). The molecule has 194 valence electrons. The number of aryl methyl sites for hydroxylation is 3. The monoisotopic (exact) mass is 506 g/mol. The van der Waals surface area contributed by atoms with E-state index in [4.69, 9.17) is 0 Å². The standard InChI is InChI=1S/C31H34N6O/c1-3-28(30-33-34-35-37(30)20-18-25-14-8-5-9-15-25)36(19-17-24-12-6-4-7-13-24)22-27-21-26-16-10-11-23(2)29(26)32-31(27)38/h4-16,21,28H,3,17-20,22H2,1-2H3,(H,32,38). The first kappa shape index (κ1) is 25.5. The summed E-state index contributed by atoms with van der Waals surface area (Å²) in [6.07, 6.45) is 2.54. The van der Waals surface area contributed by atoms with Gasteiger partial charge in [0.2, 0.25) is 0 Å². The van der Waals surface area contributed by atoms with Crippen LogP contribution in [0, 0.1) is 6.92 Å². The fourth-order valence-electron chi connectivity index (χ4n) is 5.12. The lowest BCUT2D eigenvalue weighted by Crippen LogP contribution is -2.34. The molecule has 0 aliphatic rings. The summed E-state index contributed by atoms with van der Waals surface area (Å²) >= 11 is 0. The second-order valence-corrected chi connectivity index (χ2v) is 9.79. The Hall–Kier alpha value is -4.10. The second kappa shape index (κ2) is 12.0. The summed E-state index contributed by atoms with van der Waals surface area (Å²) in [4.78, 5) is 18.7. The molecule has 0 aliphatic heterocycles. The molecule has 0 radical (unpaired) electrons. The van der Waals surface area contributed by atoms with Crippen molar-refractivity contribution in [2.24, 2.45) is 0 Å². The maximum absolute atomic E-state index is 13.2.